The molecular formula is C18H27N3O3. The van der Waals surface area contributed by atoms with E-state index in [2.05, 4.69) is 9.88 Å². The summed E-state index contributed by atoms with van der Waals surface area (Å²) >= 11 is 0. The fraction of sp³-hybridized carbons (Fsp3) is 0.667. The molecule has 3 rings (SSSR count). The second kappa shape index (κ2) is 7.59. The maximum atomic E-state index is 12.9. The average molecular weight is 333 g/mol. The number of likely N-dealkylation sites (N-methyl/N-ethyl adjacent to an activating group) is 1. The van der Waals surface area contributed by atoms with Crippen molar-refractivity contribution in [3.8, 4) is 0 Å². The van der Waals surface area contributed by atoms with Crippen LogP contribution in [0.25, 0.3) is 0 Å². The monoisotopic (exact) mass is 333 g/mol. The molecule has 6 heteroatoms. The number of likely N-dealkylation sites (tertiary alicyclic amines) is 1. The lowest BCUT2D eigenvalue weighted by Gasteiger charge is -2.32. The average Bonchev–Trinajstić information content (AvgIpc) is 2.93. The van der Waals surface area contributed by atoms with Crippen LogP contribution in [-0.4, -0.2) is 79.3 Å². The minimum Gasteiger partial charge on any atom is -0.373 e. The molecule has 0 saturated carbocycles. The molecule has 0 aromatic carbocycles. The van der Waals surface area contributed by atoms with Crippen molar-refractivity contribution in [2.75, 3.05) is 40.4 Å². The molecule has 132 valence electrons. The van der Waals surface area contributed by atoms with E-state index in [1.807, 2.05) is 32.0 Å². The number of pyridine rings is 1. The SMILES string of the molecule is Cc1cncc(C(=O)N2C[C@@H](OCCN(C)C)[C@@H]3OCCC[C@@H]32)c1. The van der Waals surface area contributed by atoms with Crippen molar-refractivity contribution in [1.82, 2.24) is 14.8 Å². The van der Waals surface area contributed by atoms with Crippen LogP contribution in [0.4, 0.5) is 0 Å². The van der Waals surface area contributed by atoms with Crippen LogP contribution in [0.1, 0.15) is 28.8 Å². The molecule has 24 heavy (non-hydrogen) atoms. The summed E-state index contributed by atoms with van der Waals surface area (Å²) in [5, 5.41) is 0. The van der Waals surface area contributed by atoms with Crippen molar-refractivity contribution in [3.63, 3.8) is 0 Å². The maximum absolute atomic E-state index is 12.9. The van der Waals surface area contributed by atoms with Gasteiger partial charge in [0.25, 0.3) is 5.91 Å². The highest BCUT2D eigenvalue weighted by atomic mass is 16.5. The Morgan fingerprint density at radius 3 is 3.04 bits per heavy atom. The Morgan fingerprint density at radius 2 is 2.29 bits per heavy atom. The first-order valence-corrected chi connectivity index (χ1v) is 8.67. The number of hydrogen-bond acceptors (Lipinski definition) is 5. The number of nitrogens with zero attached hydrogens (tertiary/aromatic N) is 3. The number of rotatable bonds is 5. The van der Waals surface area contributed by atoms with Gasteiger partial charge in [0.1, 0.15) is 12.2 Å². The predicted molar refractivity (Wildman–Crippen MR) is 91.1 cm³/mol. The van der Waals surface area contributed by atoms with E-state index in [0.717, 1.165) is 31.6 Å². The topological polar surface area (TPSA) is 54.9 Å². The molecule has 3 heterocycles. The van der Waals surface area contributed by atoms with E-state index in [0.29, 0.717) is 18.7 Å². The van der Waals surface area contributed by atoms with Crippen LogP contribution in [0.2, 0.25) is 0 Å². The van der Waals surface area contributed by atoms with E-state index in [9.17, 15) is 4.79 Å². The molecule has 1 amide bonds. The summed E-state index contributed by atoms with van der Waals surface area (Å²) in [6.45, 7) is 4.81. The summed E-state index contributed by atoms with van der Waals surface area (Å²) in [6.07, 6.45) is 5.32. The Bertz CT molecular complexity index is 578. The van der Waals surface area contributed by atoms with Crippen LogP contribution >= 0.6 is 0 Å². The highest BCUT2D eigenvalue weighted by molar-refractivity contribution is 5.94. The Hall–Kier alpha value is -1.50. The zero-order valence-corrected chi connectivity index (χ0v) is 14.8. The predicted octanol–water partition coefficient (Wildman–Crippen LogP) is 1.34. The molecule has 2 saturated heterocycles. The fourth-order valence-corrected chi connectivity index (χ4v) is 3.51. The van der Waals surface area contributed by atoms with Gasteiger partial charge in [0.2, 0.25) is 0 Å². The number of fused-ring (bicyclic) bond motifs is 1. The minimum absolute atomic E-state index is 0.0115. The number of carbonyl (C=O) groups excluding carboxylic acids is 1. The smallest absolute Gasteiger partial charge is 0.255 e. The van der Waals surface area contributed by atoms with Gasteiger partial charge in [-0.05, 0) is 45.5 Å². The van der Waals surface area contributed by atoms with Crippen molar-refractivity contribution < 1.29 is 14.3 Å². The number of aromatic nitrogens is 1. The molecule has 1 aromatic rings. The Balaban J connectivity index is 1.72. The van der Waals surface area contributed by atoms with Gasteiger partial charge in [-0.2, -0.15) is 0 Å². The maximum Gasteiger partial charge on any atom is 0.255 e. The molecule has 2 aliphatic heterocycles. The van der Waals surface area contributed by atoms with E-state index in [4.69, 9.17) is 9.47 Å². The van der Waals surface area contributed by atoms with Crippen LogP contribution in [0.5, 0.6) is 0 Å². The molecule has 1 aromatic heterocycles. The first-order valence-electron chi connectivity index (χ1n) is 8.67. The number of aryl methyl sites for hydroxylation is 1. The van der Waals surface area contributed by atoms with Crippen LogP contribution in [0, 0.1) is 6.92 Å². The van der Waals surface area contributed by atoms with Gasteiger partial charge in [-0.1, -0.05) is 0 Å². The van der Waals surface area contributed by atoms with Gasteiger partial charge >= 0.3 is 0 Å². The van der Waals surface area contributed by atoms with Crippen LogP contribution in [-0.2, 0) is 9.47 Å². The third kappa shape index (κ3) is 3.77. The normalized spacial score (nSPS) is 26.7. The van der Waals surface area contributed by atoms with Crippen LogP contribution < -0.4 is 0 Å². The summed E-state index contributed by atoms with van der Waals surface area (Å²) in [4.78, 5) is 21.1. The lowest BCUT2D eigenvalue weighted by molar-refractivity contribution is -0.0776. The first kappa shape index (κ1) is 17.3. The van der Waals surface area contributed by atoms with Crippen molar-refractivity contribution in [2.24, 2.45) is 0 Å². The molecule has 3 atom stereocenters. The lowest BCUT2D eigenvalue weighted by atomic mass is 10.0. The molecule has 2 aliphatic rings. The number of hydrogen-bond donors (Lipinski definition) is 0. The molecule has 0 N–H and O–H groups in total. The van der Waals surface area contributed by atoms with Crippen molar-refractivity contribution in [2.45, 2.75) is 38.0 Å². The molecule has 0 unspecified atom stereocenters. The third-order valence-corrected chi connectivity index (χ3v) is 4.73. The summed E-state index contributed by atoms with van der Waals surface area (Å²) in [7, 11) is 4.05. The van der Waals surface area contributed by atoms with Gasteiger partial charge in [-0.15, -0.1) is 0 Å². The molecule has 0 spiro atoms. The van der Waals surface area contributed by atoms with Crippen molar-refractivity contribution in [1.29, 1.82) is 0 Å². The summed E-state index contributed by atoms with van der Waals surface area (Å²) < 4.78 is 12.0. The third-order valence-electron chi connectivity index (χ3n) is 4.73. The van der Waals surface area contributed by atoms with E-state index in [-0.39, 0.29) is 24.2 Å². The van der Waals surface area contributed by atoms with Gasteiger partial charge in [-0.3, -0.25) is 9.78 Å². The molecule has 0 bridgehead atoms. The van der Waals surface area contributed by atoms with Crippen molar-refractivity contribution >= 4 is 5.91 Å². The molecule has 6 nitrogen and oxygen atoms in total. The molecule has 0 aliphatic carbocycles. The van der Waals surface area contributed by atoms with Gasteiger partial charge in [0.05, 0.1) is 24.8 Å². The van der Waals surface area contributed by atoms with Crippen molar-refractivity contribution in [3.05, 3.63) is 29.6 Å². The zero-order valence-electron chi connectivity index (χ0n) is 14.8. The number of carbonyl (C=O) groups is 1. The van der Waals surface area contributed by atoms with E-state index >= 15 is 0 Å². The first-order chi connectivity index (χ1) is 11.6. The number of ether oxygens (including phenoxy) is 2. The Morgan fingerprint density at radius 1 is 1.46 bits per heavy atom. The second-order valence-corrected chi connectivity index (χ2v) is 6.97. The van der Waals surface area contributed by atoms with E-state index < -0.39 is 0 Å². The summed E-state index contributed by atoms with van der Waals surface area (Å²) in [6, 6.07) is 2.00. The fourth-order valence-electron chi connectivity index (χ4n) is 3.51. The molecule has 2 fully saturated rings. The minimum atomic E-state index is -0.0445. The van der Waals surface area contributed by atoms with Gasteiger partial charge in [-0.25, -0.2) is 0 Å². The quantitative estimate of drug-likeness (QED) is 0.814. The molecule has 0 radical (unpaired) electrons. The second-order valence-electron chi connectivity index (χ2n) is 6.97. The Kier molecular flexibility index (Phi) is 5.48. The number of amides is 1. The van der Waals surface area contributed by atoms with Gasteiger partial charge in [0.15, 0.2) is 0 Å². The summed E-state index contributed by atoms with van der Waals surface area (Å²) in [5.74, 6) is 0.0328. The zero-order chi connectivity index (χ0) is 17.1. The van der Waals surface area contributed by atoms with Crippen LogP contribution in [0.15, 0.2) is 18.5 Å². The largest absolute Gasteiger partial charge is 0.373 e. The van der Waals surface area contributed by atoms with Gasteiger partial charge in [0, 0.05) is 25.5 Å². The highest BCUT2D eigenvalue weighted by Gasteiger charge is 2.46. The Labute approximate surface area is 143 Å². The lowest BCUT2D eigenvalue weighted by Crippen LogP contribution is -2.44. The highest BCUT2D eigenvalue weighted by Crippen LogP contribution is 2.31. The van der Waals surface area contributed by atoms with Crippen LogP contribution in [0.3, 0.4) is 0 Å². The summed E-state index contributed by atoms with van der Waals surface area (Å²) in [5.41, 5.74) is 1.64. The standard InChI is InChI=1S/C18H27N3O3/c1-13-9-14(11-19-10-13)18(22)21-12-16(23-8-6-20(2)3)17-15(21)5-4-7-24-17/h9-11,15-17H,4-8,12H2,1-3H3/t15-,16+,17+/m0/s1. The van der Waals surface area contributed by atoms with E-state index in [1.165, 1.54) is 0 Å². The molecular weight excluding hydrogens is 306 g/mol. The van der Waals surface area contributed by atoms with E-state index in [1.54, 1.807) is 12.4 Å². The van der Waals surface area contributed by atoms with Gasteiger partial charge < -0.3 is 19.3 Å².